The van der Waals surface area contributed by atoms with Crippen molar-refractivity contribution in [2.75, 3.05) is 13.1 Å². The van der Waals surface area contributed by atoms with Gasteiger partial charge >= 0.3 is 0 Å². The van der Waals surface area contributed by atoms with Gasteiger partial charge in [-0.15, -0.1) is 0 Å². The highest BCUT2D eigenvalue weighted by Crippen LogP contribution is 2.26. The molecular weight excluding hydrogens is 384 g/mol. The molecule has 4 rings (SSSR count). The van der Waals surface area contributed by atoms with Gasteiger partial charge in [-0.3, -0.25) is 9.69 Å². The highest BCUT2D eigenvalue weighted by Gasteiger charge is 2.23. The summed E-state index contributed by atoms with van der Waals surface area (Å²) >= 11 is 6.76. The Bertz CT molecular complexity index is 1020. The molecule has 0 unspecified atom stereocenters. The Morgan fingerprint density at radius 1 is 1.14 bits per heavy atom. The molecule has 1 saturated heterocycles. The minimum Gasteiger partial charge on any atom is -0.354 e. The maximum Gasteiger partial charge on any atom is 0.217 e. The molecule has 3 aromatic rings. The monoisotopic (exact) mass is 410 g/mol. The fourth-order valence-electron chi connectivity index (χ4n) is 4.21. The van der Waals surface area contributed by atoms with Gasteiger partial charge in [0.15, 0.2) is 0 Å². The lowest BCUT2D eigenvalue weighted by molar-refractivity contribution is -0.119. The van der Waals surface area contributed by atoms with Gasteiger partial charge in [-0.1, -0.05) is 54.1 Å². The maximum atomic E-state index is 11.3. The number of rotatable bonds is 5. The van der Waals surface area contributed by atoms with Gasteiger partial charge in [-0.05, 0) is 36.1 Å². The van der Waals surface area contributed by atoms with Crippen LogP contribution in [0.2, 0.25) is 5.15 Å². The zero-order chi connectivity index (χ0) is 20.4. The number of hydrogen-bond donors (Lipinski definition) is 1. The molecule has 0 aliphatic carbocycles. The van der Waals surface area contributed by atoms with Gasteiger partial charge in [0.2, 0.25) is 5.91 Å². The van der Waals surface area contributed by atoms with E-state index in [0.717, 1.165) is 48.9 Å². The standard InChI is InChI=1S/C23H27ClN4O/c1-16-22(15-27-12-10-20(11-13-27)25-17(2)29)23(24)28(26-16)14-19-8-5-7-18-6-3-4-9-21(18)19/h3-9,20H,10-15H2,1-2H3,(H,25,29). The van der Waals surface area contributed by atoms with Gasteiger partial charge in [-0.25, -0.2) is 4.68 Å². The highest BCUT2D eigenvalue weighted by atomic mass is 35.5. The normalized spacial score (nSPS) is 15.7. The van der Waals surface area contributed by atoms with Crippen LogP contribution in [-0.2, 0) is 17.9 Å². The van der Waals surface area contributed by atoms with E-state index in [1.54, 1.807) is 6.92 Å². The van der Waals surface area contributed by atoms with Crippen molar-refractivity contribution in [1.29, 1.82) is 0 Å². The number of aryl methyl sites for hydroxylation is 1. The number of benzene rings is 2. The third kappa shape index (κ3) is 4.46. The van der Waals surface area contributed by atoms with E-state index in [2.05, 4.69) is 52.7 Å². The van der Waals surface area contributed by atoms with Crippen molar-refractivity contribution < 1.29 is 4.79 Å². The molecule has 29 heavy (non-hydrogen) atoms. The third-order valence-electron chi connectivity index (χ3n) is 5.76. The minimum absolute atomic E-state index is 0.0528. The van der Waals surface area contributed by atoms with Gasteiger partial charge in [-0.2, -0.15) is 5.10 Å². The quantitative estimate of drug-likeness (QED) is 0.687. The molecule has 1 N–H and O–H groups in total. The van der Waals surface area contributed by atoms with E-state index in [1.807, 2.05) is 11.6 Å². The molecule has 1 fully saturated rings. The van der Waals surface area contributed by atoms with Crippen molar-refractivity contribution in [3.8, 4) is 0 Å². The lowest BCUT2D eigenvalue weighted by atomic mass is 10.0. The van der Waals surface area contributed by atoms with Crippen molar-refractivity contribution in [3.63, 3.8) is 0 Å². The summed E-state index contributed by atoms with van der Waals surface area (Å²) in [5.74, 6) is 0.0528. The number of nitrogens with one attached hydrogen (secondary N) is 1. The second-order valence-corrected chi connectivity index (χ2v) is 8.26. The summed E-state index contributed by atoms with van der Waals surface area (Å²) in [4.78, 5) is 13.7. The molecule has 152 valence electrons. The summed E-state index contributed by atoms with van der Waals surface area (Å²) < 4.78 is 1.91. The number of aromatic nitrogens is 2. The highest BCUT2D eigenvalue weighted by molar-refractivity contribution is 6.30. The maximum absolute atomic E-state index is 11.3. The molecule has 6 heteroatoms. The van der Waals surface area contributed by atoms with Gasteiger partial charge in [0.25, 0.3) is 0 Å². The molecule has 1 aliphatic rings. The molecule has 1 aromatic heterocycles. The van der Waals surface area contributed by atoms with Gasteiger partial charge < -0.3 is 5.32 Å². The fourth-order valence-corrected chi connectivity index (χ4v) is 4.51. The van der Waals surface area contributed by atoms with E-state index in [-0.39, 0.29) is 11.9 Å². The number of fused-ring (bicyclic) bond motifs is 1. The second-order valence-electron chi connectivity index (χ2n) is 7.90. The van der Waals surface area contributed by atoms with Crippen LogP contribution >= 0.6 is 11.6 Å². The molecule has 5 nitrogen and oxygen atoms in total. The van der Waals surface area contributed by atoms with Crippen molar-refractivity contribution in [2.45, 2.75) is 45.8 Å². The van der Waals surface area contributed by atoms with E-state index in [0.29, 0.717) is 6.54 Å². The Morgan fingerprint density at radius 3 is 2.62 bits per heavy atom. The van der Waals surface area contributed by atoms with E-state index in [9.17, 15) is 4.79 Å². The predicted molar refractivity (Wildman–Crippen MR) is 117 cm³/mol. The van der Waals surface area contributed by atoms with E-state index >= 15 is 0 Å². The fraction of sp³-hybridized carbons (Fsp3) is 0.391. The summed E-state index contributed by atoms with van der Waals surface area (Å²) in [6, 6.07) is 15.0. The summed E-state index contributed by atoms with van der Waals surface area (Å²) in [5.41, 5.74) is 3.30. The first-order valence-corrected chi connectivity index (χ1v) is 10.6. The molecular formula is C23H27ClN4O. The number of likely N-dealkylation sites (tertiary alicyclic amines) is 1. The van der Waals surface area contributed by atoms with Crippen molar-refractivity contribution in [1.82, 2.24) is 20.0 Å². The molecule has 0 radical (unpaired) electrons. The number of hydrogen-bond acceptors (Lipinski definition) is 3. The first kappa shape index (κ1) is 19.9. The molecule has 0 bridgehead atoms. The average molecular weight is 411 g/mol. The van der Waals surface area contributed by atoms with Gasteiger partial charge in [0.1, 0.15) is 5.15 Å². The zero-order valence-electron chi connectivity index (χ0n) is 17.0. The molecule has 0 saturated carbocycles. The molecule has 1 amide bonds. The number of carbonyl (C=O) groups excluding carboxylic acids is 1. The molecule has 2 aromatic carbocycles. The first-order valence-electron chi connectivity index (χ1n) is 10.2. The number of piperidine rings is 1. The molecule has 1 aliphatic heterocycles. The van der Waals surface area contributed by atoms with Crippen LogP contribution in [0.3, 0.4) is 0 Å². The van der Waals surface area contributed by atoms with Gasteiger partial charge in [0, 0.05) is 38.2 Å². The van der Waals surface area contributed by atoms with Crippen LogP contribution in [0.15, 0.2) is 42.5 Å². The van der Waals surface area contributed by atoms with Crippen LogP contribution in [0.4, 0.5) is 0 Å². The van der Waals surface area contributed by atoms with Crippen molar-refractivity contribution in [3.05, 3.63) is 64.4 Å². The zero-order valence-corrected chi connectivity index (χ0v) is 17.7. The van der Waals surface area contributed by atoms with E-state index < -0.39 is 0 Å². The Balaban J connectivity index is 1.48. The molecule has 0 spiro atoms. The van der Waals surface area contributed by atoms with Crippen molar-refractivity contribution >= 4 is 28.3 Å². The summed E-state index contributed by atoms with van der Waals surface area (Å²) in [6.45, 7) is 6.98. The van der Waals surface area contributed by atoms with E-state index in [4.69, 9.17) is 16.7 Å². The van der Waals surface area contributed by atoms with Crippen LogP contribution in [0.25, 0.3) is 10.8 Å². The van der Waals surface area contributed by atoms with Crippen LogP contribution in [0, 0.1) is 6.92 Å². The summed E-state index contributed by atoms with van der Waals surface area (Å²) in [5, 5.41) is 10.9. The lowest BCUT2D eigenvalue weighted by Crippen LogP contribution is -2.43. The molecule has 0 atom stereocenters. The predicted octanol–water partition coefficient (Wildman–Crippen LogP) is 4.15. The van der Waals surface area contributed by atoms with Gasteiger partial charge in [0.05, 0.1) is 12.2 Å². The number of halogens is 1. The Hall–Kier alpha value is -2.37. The summed E-state index contributed by atoms with van der Waals surface area (Å²) in [7, 11) is 0. The Labute approximate surface area is 176 Å². The largest absolute Gasteiger partial charge is 0.354 e. The van der Waals surface area contributed by atoms with Crippen LogP contribution in [-0.4, -0.2) is 39.7 Å². The number of amides is 1. The smallest absolute Gasteiger partial charge is 0.217 e. The first-order chi connectivity index (χ1) is 14.0. The van der Waals surface area contributed by atoms with Crippen LogP contribution in [0.5, 0.6) is 0 Å². The summed E-state index contributed by atoms with van der Waals surface area (Å²) in [6.07, 6.45) is 1.95. The Morgan fingerprint density at radius 2 is 1.86 bits per heavy atom. The van der Waals surface area contributed by atoms with Crippen molar-refractivity contribution in [2.24, 2.45) is 0 Å². The second kappa shape index (κ2) is 8.56. The number of nitrogens with zero attached hydrogens (tertiary/aromatic N) is 3. The lowest BCUT2D eigenvalue weighted by Gasteiger charge is -2.32. The third-order valence-corrected chi connectivity index (χ3v) is 6.18. The van der Waals surface area contributed by atoms with Crippen LogP contribution < -0.4 is 5.32 Å². The Kier molecular flexibility index (Phi) is 5.88. The SMILES string of the molecule is CC(=O)NC1CCN(Cc2c(C)nn(Cc3cccc4ccccc34)c2Cl)CC1. The average Bonchev–Trinajstić information content (AvgIpc) is 2.97. The van der Waals surface area contributed by atoms with E-state index in [1.165, 1.54) is 16.3 Å². The number of carbonyl (C=O) groups is 1. The van der Waals surface area contributed by atoms with Crippen LogP contribution in [0.1, 0.15) is 36.6 Å². The minimum atomic E-state index is 0.0528. The molecule has 2 heterocycles. The topological polar surface area (TPSA) is 50.2 Å².